The first-order valence-corrected chi connectivity index (χ1v) is 5.11. The number of non-ortho nitro benzene ring substituents is 1. The van der Waals surface area contributed by atoms with E-state index in [-0.39, 0.29) is 12.1 Å². The Balaban J connectivity index is 2.23. The second-order valence-electron chi connectivity index (χ2n) is 3.64. The lowest BCUT2D eigenvalue weighted by molar-refractivity contribution is -0.384. The molecule has 2 aromatic rings. The lowest BCUT2D eigenvalue weighted by Gasteiger charge is -1.96. The first-order valence-electron chi connectivity index (χ1n) is 5.11. The number of hydrogen-bond donors (Lipinski definition) is 1. The molecule has 0 spiro atoms. The fourth-order valence-electron chi connectivity index (χ4n) is 1.52. The van der Waals surface area contributed by atoms with E-state index in [0.717, 1.165) is 0 Å². The summed E-state index contributed by atoms with van der Waals surface area (Å²) in [6, 6.07) is 9.07. The van der Waals surface area contributed by atoms with Crippen molar-refractivity contribution in [1.82, 2.24) is 0 Å². The predicted molar refractivity (Wildman–Crippen MR) is 62.1 cm³/mol. The van der Waals surface area contributed by atoms with Crippen molar-refractivity contribution in [1.29, 1.82) is 0 Å². The molecule has 1 heterocycles. The van der Waals surface area contributed by atoms with Crippen molar-refractivity contribution >= 4 is 11.7 Å². The summed E-state index contributed by atoms with van der Waals surface area (Å²) in [6.45, 7) is 0. The standard InChI is InChI=1S/C12H9NO5/c14-12(15)7-10-5-6-11(18-10)8-1-3-9(4-2-8)13(16)17/h1-6H,7H2,(H,14,15). The second kappa shape index (κ2) is 4.70. The molecule has 0 unspecified atom stereocenters. The summed E-state index contributed by atoms with van der Waals surface area (Å²) in [4.78, 5) is 20.5. The van der Waals surface area contributed by atoms with Crippen molar-refractivity contribution in [3.63, 3.8) is 0 Å². The SMILES string of the molecule is O=C(O)Cc1ccc(-c2ccc([N+](=O)[O-])cc2)o1. The van der Waals surface area contributed by atoms with Gasteiger partial charge in [-0.2, -0.15) is 0 Å². The van der Waals surface area contributed by atoms with E-state index in [4.69, 9.17) is 9.52 Å². The minimum absolute atomic E-state index is 0.00364. The van der Waals surface area contributed by atoms with Gasteiger partial charge in [0, 0.05) is 17.7 Å². The van der Waals surface area contributed by atoms with Crippen LogP contribution in [0.25, 0.3) is 11.3 Å². The molecule has 0 aliphatic heterocycles. The molecule has 6 heteroatoms. The molecule has 0 aliphatic rings. The van der Waals surface area contributed by atoms with Crippen molar-refractivity contribution in [2.24, 2.45) is 0 Å². The zero-order valence-corrected chi connectivity index (χ0v) is 9.20. The van der Waals surface area contributed by atoms with Crippen LogP contribution in [0.2, 0.25) is 0 Å². The lowest BCUT2D eigenvalue weighted by Crippen LogP contribution is -1.97. The molecular weight excluding hydrogens is 238 g/mol. The van der Waals surface area contributed by atoms with Crippen LogP contribution >= 0.6 is 0 Å². The van der Waals surface area contributed by atoms with Gasteiger partial charge in [-0.05, 0) is 24.3 Å². The van der Waals surface area contributed by atoms with Crippen LogP contribution in [0.15, 0.2) is 40.8 Å². The van der Waals surface area contributed by atoms with Gasteiger partial charge in [0.15, 0.2) is 0 Å². The van der Waals surface area contributed by atoms with Crippen LogP contribution in [0.3, 0.4) is 0 Å². The van der Waals surface area contributed by atoms with Crippen LogP contribution in [0.4, 0.5) is 5.69 Å². The molecule has 18 heavy (non-hydrogen) atoms. The molecule has 0 fully saturated rings. The maximum Gasteiger partial charge on any atom is 0.311 e. The molecule has 0 bridgehead atoms. The third-order valence-electron chi connectivity index (χ3n) is 2.35. The number of furan rings is 1. The number of nitro benzene ring substituents is 1. The third kappa shape index (κ3) is 2.54. The Morgan fingerprint density at radius 3 is 2.44 bits per heavy atom. The van der Waals surface area contributed by atoms with Gasteiger partial charge in [0.05, 0.1) is 4.92 Å². The van der Waals surface area contributed by atoms with Gasteiger partial charge >= 0.3 is 5.97 Å². The highest BCUT2D eigenvalue weighted by Crippen LogP contribution is 2.24. The first-order chi connectivity index (χ1) is 8.56. The van der Waals surface area contributed by atoms with E-state index in [9.17, 15) is 14.9 Å². The molecule has 0 atom stereocenters. The fraction of sp³-hybridized carbons (Fsp3) is 0.0833. The topological polar surface area (TPSA) is 93.6 Å². The Labute approximate surface area is 102 Å². The average Bonchev–Trinajstić information content (AvgIpc) is 2.76. The number of benzene rings is 1. The number of rotatable bonds is 4. The van der Waals surface area contributed by atoms with Gasteiger partial charge in [-0.25, -0.2) is 0 Å². The number of hydrogen-bond acceptors (Lipinski definition) is 4. The quantitative estimate of drug-likeness (QED) is 0.661. The molecule has 0 amide bonds. The number of carboxylic acids is 1. The largest absolute Gasteiger partial charge is 0.481 e. The van der Waals surface area contributed by atoms with Crippen molar-refractivity contribution in [2.75, 3.05) is 0 Å². The molecule has 0 aliphatic carbocycles. The van der Waals surface area contributed by atoms with Crippen molar-refractivity contribution in [2.45, 2.75) is 6.42 Å². The summed E-state index contributed by atoms with van der Waals surface area (Å²) >= 11 is 0. The highest BCUT2D eigenvalue weighted by Gasteiger charge is 2.10. The number of carbonyl (C=O) groups is 1. The number of aliphatic carboxylic acids is 1. The highest BCUT2D eigenvalue weighted by molar-refractivity contribution is 5.70. The number of nitrogens with zero attached hydrogens (tertiary/aromatic N) is 1. The van der Waals surface area contributed by atoms with E-state index in [1.165, 1.54) is 12.1 Å². The summed E-state index contributed by atoms with van der Waals surface area (Å²) in [7, 11) is 0. The molecule has 0 radical (unpaired) electrons. The summed E-state index contributed by atoms with van der Waals surface area (Å²) in [5.41, 5.74) is 0.660. The van der Waals surface area contributed by atoms with E-state index in [0.29, 0.717) is 17.1 Å². The molecule has 6 nitrogen and oxygen atoms in total. The Morgan fingerprint density at radius 1 is 1.22 bits per heavy atom. The van der Waals surface area contributed by atoms with E-state index in [2.05, 4.69) is 0 Å². The Bertz CT molecular complexity index is 585. The van der Waals surface area contributed by atoms with Gasteiger partial charge in [0.2, 0.25) is 0 Å². The van der Waals surface area contributed by atoms with Crippen molar-refractivity contribution < 1.29 is 19.2 Å². The number of nitro groups is 1. The average molecular weight is 247 g/mol. The fourth-order valence-corrected chi connectivity index (χ4v) is 1.52. The van der Waals surface area contributed by atoms with Crippen LogP contribution in [-0.2, 0) is 11.2 Å². The van der Waals surface area contributed by atoms with Gasteiger partial charge in [-0.3, -0.25) is 14.9 Å². The van der Waals surface area contributed by atoms with Crippen LogP contribution in [0.5, 0.6) is 0 Å². The minimum atomic E-state index is -0.973. The summed E-state index contributed by atoms with van der Waals surface area (Å²) in [5, 5.41) is 19.1. The molecule has 1 aromatic carbocycles. The van der Waals surface area contributed by atoms with Gasteiger partial charge in [-0.1, -0.05) is 0 Å². The van der Waals surface area contributed by atoms with E-state index in [1.807, 2.05) is 0 Å². The minimum Gasteiger partial charge on any atom is -0.481 e. The smallest absolute Gasteiger partial charge is 0.311 e. The number of carboxylic acid groups (broad SMARTS) is 1. The monoisotopic (exact) mass is 247 g/mol. The maximum absolute atomic E-state index is 10.5. The highest BCUT2D eigenvalue weighted by atomic mass is 16.6. The molecule has 1 N–H and O–H groups in total. The maximum atomic E-state index is 10.5. The zero-order valence-electron chi connectivity index (χ0n) is 9.20. The van der Waals surface area contributed by atoms with Crippen LogP contribution in [-0.4, -0.2) is 16.0 Å². The summed E-state index contributed by atoms with van der Waals surface area (Å²) in [5.74, 6) is -0.142. The normalized spacial score (nSPS) is 10.2. The third-order valence-corrected chi connectivity index (χ3v) is 2.35. The van der Waals surface area contributed by atoms with E-state index < -0.39 is 10.9 Å². The van der Waals surface area contributed by atoms with E-state index >= 15 is 0 Å². The second-order valence-corrected chi connectivity index (χ2v) is 3.64. The Morgan fingerprint density at radius 2 is 1.89 bits per heavy atom. The Hall–Kier alpha value is -2.63. The Kier molecular flexibility index (Phi) is 3.09. The molecule has 2 rings (SSSR count). The van der Waals surface area contributed by atoms with Gasteiger partial charge in [0.25, 0.3) is 5.69 Å². The van der Waals surface area contributed by atoms with Crippen LogP contribution < -0.4 is 0 Å². The van der Waals surface area contributed by atoms with Gasteiger partial charge in [-0.15, -0.1) is 0 Å². The lowest BCUT2D eigenvalue weighted by atomic mass is 10.1. The van der Waals surface area contributed by atoms with Gasteiger partial charge < -0.3 is 9.52 Å². The van der Waals surface area contributed by atoms with Crippen LogP contribution in [0.1, 0.15) is 5.76 Å². The molecule has 0 saturated heterocycles. The summed E-state index contributed by atoms with van der Waals surface area (Å²) in [6.07, 6.45) is -0.188. The summed E-state index contributed by atoms with van der Waals surface area (Å²) < 4.78 is 5.33. The van der Waals surface area contributed by atoms with Crippen molar-refractivity contribution in [3.05, 3.63) is 52.3 Å². The first kappa shape index (κ1) is 11.8. The van der Waals surface area contributed by atoms with Crippen LogP contribution in [0, 0.1) is 10.1 Å². The zero-order chi connectivity index (χ0) is 13.1. The van der Waals surface area contributed by atoms with Gasteiger partial charge in [0.1, 0.15) is 17.9 Å². The molecule has 92 valence electrons. The predicted octanol–water partition coefficient (Wildman–Crippen LogP) is 2.48. The molecule has 1 aromatic heterocycles. The van der Waals surface area contributed by atoms with Crippen molar-refractivity contribution in [3.8, 4) is 11.3 Å². The molecular formula is C12H9NO5. The molecule has 0 saturated carbocycles. The van der Waals surface area contributed by atoms with E-state index in [1.54, 1.807) is 24.3 Å².